The Labute approximate surface area is 137 Å². The van der Waals surface area contributed by atoms with Crippen LogP contribution in [0.2, 0.25) is 0 Å². The van der Waals surface area contributed by atoms with E-state index < -0.39 is 0 Å². The van der Waals surface area contributed by atoms with Gasteiger partial charge in [0.05, 0.1) is 0 Å². The molecule has 3 rings (SSSR count). The van der Waals surface area contributed by atoms with E-state index in [4.69, 9.17) is 0 Å². The number of rotatable bonds is 5. The lowest BCUT2D eigenvalue weighted by atomic mass is 10.1. The molecule has 5 heteroatoms. The largest absolute Gasteiger partial charge is 0.330 e. The molecular formula is C18H24N4O. The lowest BCUT2D eigenvalue weighted by Crippen LogP contribution is -2.32. The zero-order valence-corrected chi connectivity index (χ0v) is 13.7. The topological polar surface area (TPSA) is 50.2 Å². The van der Waals surface area contributed by atoms with Crippen LogP contribution in [0.4, 0.5) is 5.69 Å². The number of likely N-dealkylation sites (tertiary alicyclic amines) is 1. The Hall–Kier alpha value is -2.14. The number of benzene rings is 1. The molecule has 0 unspecified atom stereocenters. The van der Waals surface area contributed by atoms with Crippen molar-refractivity contribution in [2.45, 2.75) is 32.7 Å². The van der Waals surface area contributed by atoms with Gasteiger partial charge in [0, 0.05) is 43.7 Å². The van der Waals surface area contributed by atoms with E-state index in [9.17, 15) is 4.79 Å². The zero-order valence-electron chi connectivity index (χ0n) is 13.7. The van der Waals surface area contributed by atoms with Gasteiger partial charge in [-0.25, -0.2) is 4.98 Å². The number of carbonyl (C=O) groups is 1. The minimum absolute atomic E-state index is 0.0548. The number of hydrogen-bond donors (Lipinski definition) is 1. The Morgan fingerprint density at radius 2 is 1.87 bits per heavy atom. The van der Waals surface area contributed by atoms with E-state index in [1.807, 2.05) is 36.7 Å². The van der Waals surface area contributed by atoms with Crippen molar-refractivity contribution in [3.8, 4) is 11.4 Å². The van der Waals surface area contributed by atoms with Crippen molar-refractivity contribution in [1.29, 1.82) is 0 Å². The fourth-order valence-corrected chi connectivity index (χ4v) is 3.09. The molecule has 1 aliphatic heterocycles. The molecule has 1 aromatic carbocycles. The van der Waals surface area contributed by atoms with Crippen LogP contribution < -0.4 is 5.32 Å². The fourth-order valence-electron chi connectivity index (χ4n) is 3.09. The fraction of sp³-hybridized carbons (Fsp3) is 0.444. The predicted molar refractivity (Wildman–Crippen MR) is 92.3 cm³/mol. The molecule has 23 heavy (non-hydrogen) atoms. The van der Waals surface area contributed by atoms with Gasteiger partial charge in [0.2, 0.25) is 5.91 Å². The maximum absolute atomic E-state index is 11.1. The first-order chi connectivity index (χ1) is 11.2. The molecule has 0 radical (unpaired) electrons. The maximum Gasteiger partial charge on any atom is 0.221 e. The van der Waals surface area contributed by atoms with Crippen molar-refractivity contribution in [3.63, 3.8) is 0 Å². The summed E-state index contributed by atoms with van der Waals surface area (Å²) in [5, 5.41) is 2.79. The zero-order chi connectivity index (χ0) is 16.1. The van der Waals surface area contributed by atoms with Crippen molar-refractivity contribution in [1.82, 2.24) is 14.5 Å². The molecule has 0 aliphatic carbocycles. The Balaban J connectivity index is 1.66. The second kappa shape index (κ2) is 7.42. The summed E-state index contributed by atoms with van der Waals surface area (Å²) in [7, 11) is 0. The van der Waals surface area contributed by atoms with Gasteiger partial charge in [-0.05, 0) is 50.2 Å². The molecule has 0 saturated carbocycles. The van der Waals surface area contributed by atoms with Crippen molar-refractivity contribution in [2.75, 3.05) is 25.0 Å². The minimum Gasteiger partial charge on any atom is -0.330 e. The molecule has 0 spiro atoms. The van der Waals surface area contributed by atoms with Gasteiger partial charge >= 0.3 is 0 Å². The molecule has 0 atom stereocenters. The van der Waals surface area contributed by atoms with E-state index in [0.29, 0.717) is 0 Å². The van der Waals surface area contributed by atoms with E-state index in [0.717, 1.165) is 30.2 Å². The molecule has 122 valence electrons. The van der Waals surface area contributed by atoms with E-state index in [-0.39, 0.29) is 5.91 Å². The van der Waals surface area contributed by atoms with Crippen LogP contribution in [0, 0.1) is 0 Å². The van der Waals surface area contributed by atoms with E-state index in [2.05, 4.69) is 19.8 Å². The van der Waals surface area contributed by atoms with Gasteiger partial charge < -0.3 is 14.8 Å². The summed E-state index contributed by atoms with van der Waals surface area (Å²) in [6.45, 7) is 5.99. The average molecular weight is 312 g/mol. The lowest BCUT2D eigenvalue weighted by Gasteiger charge is -2.26. The number of imidazole rings is 1. The van der Waals surface area contributed by atoms with Crippen LogP contribution in [0.1, 0.15) is 26.2 Å². The second-order valence-corrected chi connectivity index (χ2v) is 6.11. The van der Waals surface area contributed by atoms with Gasteiger partial charge in [0.15, 0.2) is 0 Å². The maximum atomic E-state index is 11.1. The molecule has 1 amide bonds. The van der Waals surface area contributed by atoms with Crippen molar-refractivity contribution < 1.29 is 4.79 Å². The number of nitrogens with one attached hydrogen (secondary N) is 1. The number of nitrogens with zero attached hydrogens (tertiary/aromatic N) is 3. The van der Waals surface area contributed by atoms with Gasteiger partial charge in [0.25, 0.3) is 0 Å². The standard InChI is InChI=1S/C18H24N4O/c1-15(23)20-17-7-5-16(6-8-17)18-19-9-12-22(18)14-13-21-10-3-2-4-11-21/h5-9,12H,2-4,10-11,13-14H2,1H3,(H,20,23). The van der Waals surface area contributed by atoms with Crippen LogP contribution in [0.3, 0.4) is 0 Å². The summed E-state index contributed by atoms with van der Waals surface area (Å²) in [5.41, 5.74) is 1.88. The van der Waals surface area contributed by atoms with Gasteiger partial charge in [-0.1, -0.05) is 6.42 Å². The lowest BCUT2D eigenvalue weighted by molar-refractivity contribution is -0.114. The summed E-state index contributed by atoms with van der Waals surface area (Å²) >= 11 is 0. The first kappa shape index (κ1) is 15.7. The first-order valence-corrected chi connectivity index (χ1v) is 8.34. The van der Waals surface area contributed by atoms with Crippen LogP contribution >= 0.6 is 0 Å². The Kier molecular flexibility index (Phi) is 5.08. The van der Waals surface area contributed by atoms with Gasteiger partial charge in [-0.2, -0.15) is 0 Å². The Morgan fingerprint density at radius 3 is 2.57 bits per heavy atom. The number of piperidine rings is 1. The van der Waals surface area contributed by atoms with Crippen LogP contribution in [0.5, 0.6) is 0 Å². The molecule has 2 aromatic rings. The second-order valence-electron chi connectivity index (χ2n) is 6.11. The van der Waals surface area contributed by atoms with Gasteiger partial charge in [0.1, 0.15) is 5.82 Å². The number of hydrogen-bond acceptors (Lipinski definition) is 3. The minimum atomic E-state index is -0.0548. The highest BCUT2D eigenvalue weighted by molar-refractivity contribution is 5.88. The van der Waals surface area contributed by atoms with E-state index >= 15 is 0 Å². The molecular weight excluding hydrogens is 288 g/mol. The highest BCUT2D eigenvalue weighted by Crippen LogP contribution is 2.20. The number of aromatic nitrogens is 2. The smallest absolute Gasteiger partial charge is 0.221 e. The third kappa shape index (κ3) is 4.20. The molecule has 1 N–H and O–H groups in total. The van der Waals surface area contributed by atoms with Crippen LogP contribution in [-0.2, 0) is 11.3 Å². The van der Waals surface area contributed by atoms with Crippen molar-refractivity contribution >= 4 is 11.6 Å². The summed E-state index contributed by atoms with van der Waals surface area (Å²) in [6.07, 6.45) is 7.91. The normalized spacial score (nSPS) is 15.5. The molecule has 0 bridgehead atoms. The monoisotopic (exact) mass is 312 g/mol. The number of carbonyl (C=O) groups excluding carboxylic acids is 1. The third-order valence-corrected chi connectivity index (χ3v) is 4.28. The quantitative estimate of drug-likeness (QED) is 0.923. The average Bonchev–Trinajstić information content (AvgIpc) is 3.03. The predicted octanol–water partition coefficient (Wildman–Crippen LogP) is 2.99. The summed E-state index contributed by atoms with van der Waals surface area (Å²) in [6, 6.07) is 7.84. The SMILES string of the molecule is CC(=O)Nc1ccc(-c2nccn2CCN2CCCCC2)cc1. The molecule has 2 heterocycles. The molecule has 1 aromatic heterocycles. The third-order valence-electron chi connectivity index (χ3n) is 4.28. The number of anilines is 1. The first-order valence-electron chi connectivity index (χ1n) is 8.34. The molecule has 1 saturated heterocycles. The van der Waals surface area contributed by atoms with E-state index in [1.165, 1.54) is 39.3 Å². The van der Waals surface area contributed by atoms with Crippen LogP contribution in [0.25, 0.3) is 11.4 Å². The highest BCUT2D eigenvalue weighted by atomic mass is 16.1. The van der Waals surface area contributed by atoms with Crippen LogP contribution in [-0.4, -0.2) is 40.0 Å². The molecule has 1 aliphatic rings. The van der Waals surface area contributed by atoms with Crippen molar-refractivity contribution in [3.05, 3.63) is 36.7 Å². The highest BCUT2D eigenvalue weighted by Gasteiger charge is 2.11. The van der Waals surface area contributed by atoms with E-state index in [1.54, 1.807) is 0 Å². The summed E-state index contributed by atoms with van der Waals surface area (Å²) < 4.78 is 2.21. The van der Waals surface area contributed by atoms with Crippen molar-refractivity contribution in [2.24, 2.45) is 0 Å². The summed E-state index contributed by atoms with van der Waals surface area (Å²) in [5.74, 6) is 0.928. The molecule has 1 fully saturated rings. The van der Waals surface area contributed by atoms with Crippen LogP contribution in [0.15, 0.2) is 36.7 Å². The Morgan fingerprint density at radius 1 is 1.13 bits per heavy atom. The Bertz CT molecular complexity index is 641. The number of amides is 1. The van der Waals surface area contributed by atoms with Gasteiger partial charge in [-0.3, -0.25) is 4.79 Å². The molecule has 5 nitrogen and oxygen atoms in total. The van der Waals surface area contributed by atoms with Gasteiger partial charge in [-0.15, -0.1) is 0 Å². The summed E-state index contributed by atoms with van der Waals surface area (Å²) in [4.78, 5) is 18.1.